The van der Waals surface area contributed by atoms with Crippen molar-refractivity contribution >= 4 is 32.9 Å². The van der Waals surface area contributed by atoms with Crippen LogP contribution in [0.1, 0.15) is 54.5 Å². The number of nitrogens with one attached hydrogen (secondary N) is 1. The Morgan fingerprint density at radius 2 is 2.00 bits per heavy atom. The highest BCUT2D eigenvalue weighted by Gasteiger charge is 2.24. The van der Waals surface area contributed by atoms with E-state index >= 15 is 0 Å². The highest BCUT2D eigenvalue weighted by Crippen LogP contribution is 2.29. The summed E-state index contributed by atoms with van der Waals surface area (Å²) in [4.78, 5) is 21.4. The van der Waals surface area contributed by atoms with Crippen molar-refractivity contribution in [1.29, 1.82) is 0 Å². The van der Waals surface area contributed by atoms with Crippen molar-refractivity contribution in [2.75, 3.05) is 6.54 Å². The molecule has 0 fully saturated rings. The number of rotatable bonds is 6. The quantitative estimate of drug-likeness (QED) is 0.525. The molecule has 0 aliphatic heterocycles. The number of benzene rings is 2. The van der Waals surface area contributed by atoms with Crippen molar-refractivity contribution in [3.05, 3.63) is 63.9 Å². The number of imidazole rings is 1. The number of aromatic nitrogens is 2. The number of alkyl halides is 2. The predicted molar refractivity (Wildman–Crippen MR) is 105 cm³/mol. The first-order valence-corrected chi connectivity index (χ1v) is 9.54. The van der Waals surface area contributed by atoms with Crippen LogP contribution in [0.25, 0.3) is 11.0 Å². The third-order valence-electron chi connectivity index (χ3n) is 4.50. The molecule has 3 rings (SSSR count). The lowest BCUT2D eigenvalue weighted by molar-refractivity contribution is 0.0690. The van der Waals surface area contributed by atoms with Crippen LogP contribution < -0.4 is 0 Å². The van der Waals surface area contributed by atoms with Crippen molar-refractivity contribution in [2.45, 2.75) is 32.7 Å². The third-order valence-corrected chi connectivity index (χ3v) is 5.22. The van der Waals surface area contributed by atoms with Gasteiger partial charge in [-0.15, -0.1) is 0 Å². The van der Waals surface area contributed by atoms with E-state index in [2.05, 4.69) is 25.9 Å². The highest BCUT2D eigenvalue weighted by molar-refractivity contribution is 9.10. The standard InChI is InChI=1S/C20H20BrF2N3O/c1-3-10-26(12(2)14-6-4-5-7-15(14)21)20(27)13-8-9-16-17(11-13)25-19(24-16)18(22)23/h4-9,11-12,18H,3,10H2,1-2H3,(H,24,25). The van der Waals surface area contributed by atoms with E-state index in [1.165, 1.54) is 0 Å². The van der Waals surface area contributed by atoms with Crippen LogP contribution in [-0.2, 0) is 0 Å². The third kappa shape index (κ3) is 4.03. The van der Waals surface area contributed by atoms with E-state index in [0.29, 0.717) is 23.1 Å². The number of fused-ring (bicyclic) bond motifs is 1. The number of aromatic amines is 1. The van der Waals surface area contributed by atoms with E-state index in [1.807, 2.05) is 38.1 Å². The number of carbonyl (C=O) groups is 1. The molecule has 0 radical (unpaired) electrons. The van der Waals surface area contributed by atoms with Gasteiger partial charge in [0.25, 0.3) is 12.3 Å². The van der Waals surface area contributed by atoms with Crippen LogP contribution in [0.2, 0.25) is 0 Å². The minimum atomic E-state index is -2.68. The number of carbonyl (C=O) groups excluding carboxylic acids is 1. The average molecular weight is 436 g/mol. The van der Waals surface area contributed by atoms with Crippen LogP contribution in [-0.4, -0.2) is 27.3 Å². The lowest BCUT2D eigenvalue weighted by Gasteiger charge is -2.30. The fourth-order valence-corrected chi connectivity index (χ4v) is 3.74. The van der Waals surface area contributed by atoms with E-state index < -0.39 is 6.43 Å². The molecule has 2 aromatic carbocycles. The SMILES string of the molecule is CCCN(C(=O)c1ccc2nc(C(F)F)[nH]c2c1)C(C)c1ccccc1Br. The fourth-order valence-electron chi connectivity index (χ4n) is 3.13. The van der Waals surface area contributed by atoms with E-state index in [1.54, 1.807) is 23.1 Å². The molecule has 0 bridgehead atoms. The first kappa shape index (κ1) is 19.5. The fraction of sp³-hybridized carbons (Fsp3) is 0.300. The summed E-state index contributed by atoms with van der Waals surface area (Å²) in [6.07, 6.45) is -1.87. The molecule has 0 aliphatic carbocycles. The Labute approximate surface area is 164 Å². The summed E-state index contributed by atoms with van der Waals surface area (Å²) < 4.78 is 26.6. The van der Waals surface area contributed by atoms with Crippen LogP contribution in [0.4, 0.5) is 8.78 Å². The second-order valence-electron chi connectivity index (χ2n) is 6.35. The highest BCUT2D eigenvalue weighted by atomic mass is 79.9. The molecule has 1 atom stereocenters. The van der Waals surface area contributed by atoms with Crippen molar-refractivity contribution in [3.8, 4) is 0 Å². The largest absolute Gasteiger partial charge is 0.337 e. The molecular formula is C20H20BrF2N3O. The van der Waals surface area contributed by atoms with Gasteiger partial charge in [-0.3, -0.25) is 4.79 Å². The molecule has 3 aromatic rings. The minimum absolute atomic E-state index is 0.137. The molecule has 1 N–H and O–H groups in total. The topological polar surface area (TPSA) is 49.0 Å². The summed E-state index contributed by atoms with van der Waals surface area (Å²) in [6, 6.07) is 12.5. The Morgan fingerprint density at radius 3 is 2.67 bits per heavy atom. The second-order valence-corrected chi connectivity index (χ2v) is 7.21. The second kappa shape index (κ2) is 8.17. The number of hydrogen-bond acceptors (Lipinski definition) is 2. The van der Waals surface area contributed by atoms with E-state index in [-0.39, 0.29) is 17.8 Å². The van der Waals surface area contributed by atoms with Crippen LogP contribution in [0.5, 0.6) is 0 Å². The predicted octanol–water partition coefficient (Wildman–Crippen LogP) is 5.88. The smallest absolute Gasteiger partial charge is 0.295 e. The lowest BCUT2D eigenvalue weighted by Crippen LogP contribution is -2.34. The first-order valence-electron chi connectivity index (χ1n) is 8.75. The Morgan fingerprint density at radius 1 is 1.26 bits per heavy atom. The van der Waals surface area contributed by atoms with Crippen molar-refractivity contribution < 1.29 is 13.6 Å². The van der Waals surface area contributed by atoms with Crippen molar-refractivity contribution in [1.82, 2.24) is 14.9 Å². The maximum Gasteiger partial charge on any atom is 0.295 e. The number of hydrogen-bond donors (Lipinski definition) is 1. The van der Waals surface area contributed by atoms with Gasteiger partial charge in [-0.2, -0.15) is 0 Å². The molecule has 4 nitrogen and oxygen atoms in total. The summed E-state index contributed by atoms with van der Waals surface area (Å²) in [5.74, 6) is -0.531. The van der Waals surface area contributed by atoms with E-state index in [4.69, 9.17) is 0 Å². The summed E-state index contributed by atoms with van der Waals surface area (Å²) in [6.45, 7) is 4.59. The van der Waals surface area contributed by atoms with Gasteiger partial charge in [-0.1, -0.05) is 41.1 Å². The Hall–Kier alpha value is -2.28. The Bertz CT molecular complexity index is 957. The molecular weight excluding hydrogens is 416 g/mol. The average Bonchev–Trinajstić information content (AvgIpc) is 3.09. The lowest BCUT2D eigenvalue weighted by atomic mass is 10.0. The van der Waals surface area contributed by atoms with Crippen LogP contribution in [0.3, 0.4) is 0 Å². The molecule has 142 valence electrons. The van der Waals surface area contributed by atoms with E-state index in [9.17, 15) is 13.6 Å². The summed E-state index contributed by atoms with van der Waals surface area (Å²) in [5, 5.41) is 0. The van der Waals surface area contributed by atoms with Gasteiger partial charge in [0.05, 0.1) is 17.1 Å². The Balaban J connectivity index is 1.94. The van der Waals surface area contributed by atoms with Crippen molar-refractivity contribution in [2.24, 2.45) is 0 Å². The zero-order valence-electron chi connectivity index (χ0n) is 15.0. The van der Waals surface area contributed by atoms with Gasteiger partial charge in [-0.05, 0) is 43.2 Å². The maximum absolute atomic E-state index is 13.2. The van der Waals surface area contributed by atoms with Gasteiger partial charge in [0, 0.05) is 16.6 Å². The molecule has 0 saturated heterocycles. The monoisotopic (exact) mass is 435 g/mol. The van der Waals surface area contributed by atoms with E-state index in [0.717, 1.165) is 16.5 Å². The molecule has 0 spiro atoms. The van der Waals surface area contributed by atoms with Gasteiger partial charge >= 0.3 is 0 Å². The molecule has 1 unspecified atom stereocenters. The van der Waals surface area contributed by atoms with Gasteiger partial charge in [0.2, 0.25) is 0 Å². The van der Waals surface area contributed by atoms with Crippen LogP contribution in [0.15, 0.2) is 46.9 Å². The summed E-state index contributed by atoms with van der Waals surface area (Å²) in [7, 11) is 0. The summed E-state index contributed by atoms with van der Waals surface area (Å²) >= 11 is 3.55. The molecule has 1 heterocycles. The molecule has 0 saturated carbocycles. The molecule has 7 heteroatoms. The molecule has 1 amide bonds. The zero-order chi connectivity index (χ0) is 19.6. The first-order chi connectivity index (χ1) is 12.9. The number of H-pyrrole nitrogens is 1. The molecule has 0 aliphatic rings. The maximum atomic E-state index is 13.2. The van der Waals surface area contributed by atoms with Gasteiger partial charge < -0.3 is 9.88 Å². The van der Waals surface area contributed by atoms with Crippen LogP contribution in [0, 0.1) is 0 Å². The van der Waals surface area contributed by atoms with Gasteiger partial charge in [-0.25, -0.2) is 13.8 Å². The molecule has 27 heavy (non-hydrogen) atoms. The van der Waals surface area contributed by atoms with Gasteiger partial charge in [0.1, 0.15) is 0 Å². The summed E-state index contributed by atoms with van der Waals surface area (Å²) in [5.41, 5.74) is 2.31. The number of halogens is 3. The zero-order valence-corrected chi connectivity index (χ0v) is 16.6. The number of nitrogens with zero attached hydrogens (tertiary/aromatic N) is 2. The Kier molecular flexibility index (Phi) is 5.89. The van der Waals surface area contributed by atoms with Crippen molar-refractivity contribution in [3.63, 3.8) is 0 Å². The minimum Gasteiger partial charge on any atom is -0.337 e. The van der Waals surface area contributed by atoms with Crippen LogP contribution >= 0.6 is 15.9 Å². The normalized spacial score (nSPS) is 12.5. The number of amides is 1. The van der Waals surface area contributed by atoms with Gasteiger partial charge in [0.15, 0.2) is 5.82 Å². The molecule has 1 aromatic heterocycles.